The number of benzene rings is 3. The first kappa shape index (κ1) is 26.4. The van der Waals surface area contributed by atoms with Crippen LogP contribution in [0.3, 0.4) is 0 Å². The molecular weight excluding hydrogens is 526 g/mol. The van der Waals surface area contributed by atoms with Gasteiger partial charge in [0.25, 0.3) is 5.56 Å². The average molecular weight is 564 g/mol. The van der Waals surface area contributed by atoms with Crippen molar-refractivity contribution in [2.45, 2.75) is 32.4 Å². The number of anilines is 1. The van der Waals surface area contributed by atoms with Gasteiger partial charge in [-0.15, -0.1) is 11.3 Å². The van der Waals surface area contributed by atoms with E-state index in [4.69, 9.17) is 4.98 Å². The molecule has 1 fully saturated rings. The number of rotatable bonds is 8. The van der Waals surface area contributed by atoms with Crippen molar-refractivity contribution in [2.75, 3.05) is 50.7 Å². The summed E-state index contributed by atoms with van der Waals surface area (Å²) in [5.41, 5.74) is 4.12. The fourth-order valence-electron chi connectivity index (χ4n) is 6.52. The second-order valence-electron chi connectivity index (χ2n) is 11.4. The van der Waals surface area contributed by atoms with Crippen LogP contribution in [-0.4, -0.2) is 65.2 Å². The molecule has 41 heavy (non-hydrogen) atoms. The van der Waals surface area contributed by atoms with E-state index in [1.54, 1.807) is 17.7 Å². The zero-order valence-electron chi connectivity index (χ0n) is 23.5. The highest BCUT2D eigenvalue weighted by Crippen LogP contribution is 2.32. The third-order valence-corrected chi connectivity index (χ3v) is 9.95. The molecule has 0 saturated carbocycles. The first-order valence-electron chi connectivity index (χ1n) is 14.9. The van der Waals surface area contributed by atoms with Crippen LogP contribution in [0.15, 0.2) is 83.9 Å². The highest BCUT2D eigenvalue weighted by atomic mass is 32.1. The van der Waals surface area contributed by atoms with Crippen molar-refractivity contribution in [3.8, 4) is 0 Å². The smallest absolute Gasteiger partial charge is 0.262 e. The molecule has 2 aliphatic heterocycles. The monoisotopic (exact) mass is 563 g/mol. The summed E-state index contributed by atoms with van der Waals surface area (Å²) in [6.07, 6.45) is 4.99. The summed E-state index contributed by atoms with van der Waals surface area (Å²) < 4.78 is 1.85. The molecule has 0 unspecified atom stereocenters. The van der Waals surface area contributed by atoms with Crippen molar-refractivity contribution in [3.05, 3.63) is 105 Å². The number of piperazine rings is 1. The van der Waals surface area contributed by atoms with Crippen LogP contribution in [0.25, 0.3) is 21.0 Å². The minimum Gasteiger partial charge on any atom is -0.368 e. The molecule has 210 valence electrons. The molecule has 4 heterocycles. The summed E-state index contributed by atoms with van der Waals surface area (Å²) in [6.45, 7) is 8.61. The molecule has 7 rings (SSSR count). The first-order valence-corrected chi connectivity index (χ1v) is 15.8. The van der Waals surface area contributed by atoms with E-state index in [-0.39, 0.29) is 5.56 Å². The van der Waals surface area contributed by atoms with Crippen molar-refractivity contribution < 1.29 is 0 Å². The molecule has 0 amide bonds. The summed E-state index contributed by atoms with van der Waals surface area (Å²) >= 11 is 1.72. The zero-order valence-corrected chi connectivity index (χ0v) is 24.4. The average Bonchev–Trinajstić information content (AvgIpc) is 3.40. The van der Waals surface area contributed by atoms with Gasteiger partial charge in [-0.3, -0.25) is 19.2 Å². The highest BCUT2D eigenvalue weighted by Gasteiger charge is 2.24. The quantitative estimate of drug-likeness (QED) is 0.252. The van der Waals surface area contributed by atoms with Gasteiger partial charge in [0.2, 0.25) is 0 Å². The largest absolute Gasteiger partial charge is 0.368 e. The van der Waals surface area contributed by atoms with Crippen LogP contribution in [0.4, 0.5) is 5.69 Å². The topological polar surface area (TPSA) is 44.6 Å². The van der Waals surface area contributed by atoms with Crippen molar-refractivity contribution in [2.24, 2.45) is 0 Å². The molecule has 3 aromatic carbocycles. The Morgan fingerprint density at radius 2 is 1.59 bits per heavy atom. The van der Waals surface area contributed by atoms with E-state index in [0.717, 1.165) is 81.8 Å². The summed E-state index contributed by atoms with van der Waals surface area (Å²) in [6, 6.07) is 26.0. The third-order valence-electron chi connectivity index (χ3n) is 8.83. The maximum absolute atomic E-state index is 13.6. The van der Waals surface area contributed by atoms with Gasteiger partial charge in [-0.2, -0.15) is 0 Å². The van der Waals surface area contributed by atoms with E-state index in [1.165, 1.54) is 32.5 Å². The molecule has 0 spiro atoms. The molecule has 5 aromatic rings. The minimum absolute atomic E-state index is 0.138. The third kappa shape index (κ3) is 5.54. The Labute approximate surface area is 245 Å². The Bertz CT molecular complexity index is 1700. The van der Waals surface area contributed by atoms with E-state index >= 15 is 0 Å². The van der Waals surface area contributed by atoms with E-state index < -0.39 is 0 Å². The van der Waals surface area contributed by atoms with Crippen molar-refractivity contribution in [1.29, 1.82) is 0 Å². The fraction of sp³-hybridized carbons (Fsp3) is 0.353. The lowest BCUT2D eigenvalue weighted by Gasteiger charge is -2.36. The Hall–Kier alpha value is -3.52. The molecule has 0 aliphatic carbocycles. The molecule has 0 atom stereocenters. The second kappa shape index (κ2) is 11.8. The van der Waals surface area contributed by atoms with E-state index in [1.807, 2.05) is 4.57 Å². The summed E-state index contributed by atoms with van der Waals surface area (Å²) in [7, 11) is 0. The summed E-state index contributed by atoms with van der Waals surface area (Å²) in [5, 5.41) is 3.49. The van der Waals surface area contributed by atoms with Crippen LogP contribution in [0.2, 0.25) is 0 Å². The van der Waals surface area contributed by atoms with Crippen LogP contribution >= 0.6 is 11.3 Å². The van der Waals surface area contributed by atoms with Crippen LogP contribution in [-0.2, 0) is 25.9 Å². The van der Waals surface area contributed by atoms with Crippen LogP contribution in [0, 0.1) is 0 Å². The molecule has 6 nitrogen and oxygen atoms in total. The summed E-state index contributed by atoms with van der Waals surface area (Å²) in [4.78, 5) is 28.1. The van der Waals surface area contributed by atoms with Gasteiger partial charge in [0.15, 0.2) is 0 Å². The maximum Gasteiger partial charge on any atom is 0.262 e. The Kier molecular flexibility index (Phi) is 7.57. The molecule has 7 heteroatoms. The molecule has 1 saturated heterocycles. The van der Waals surface area contributed by atoms with Gasteiger partial charge in [0, 0.05) is 68.3 Å². The van der Waals surface area contributed by atoms with Gasteiger partial charge in [0.1, 0.15) is 4.83 Å². The van der Waals surface area contributed by atoms with E-state index in [0.29, 0.717) is 6.54 Å². The van der Waals surface area contributed by atoms with Gasteiger partial charge in [-0.05, 0) is 48.4 Å². The van der Waals surface area contributed by atoms with Gasteiger partial charge in [-0.25, -0.2) is 4.98 Å². The number of aromatic nitrogens is 2. The van der Waals surface area contributed by atoms with E-state index in [2.05, 4.69) is 87.5 Å². The SMILES string of the molecule is O=c1c2c3c(sc2ncn1CCN1CCN(c2cccc4ccccc24)CC1)CN(CCCc1ccccc1)CC3. The molecule has 2 aromatic heterocycles. The number of aryl methyl sites for hydroxylation is 1. The first-order chi connectivity index (χ1) is 20.2. The lowest BCUT2D eigenvalue weighted by Crippen LogP contribution is -2.47. The normalized spacial score (nSPS) is 16.4. The summed E-state index contributed by atoms with van der Waals surface area (Å²) in [5.74, 6) is 0. The molecule has 0 bridgehead atoms. The van der Waals surface area contributed by atoms with Gasteiger partial charge >= 0.3 is 0 Å². The lowest BCUT2D eigenvalue weighted by atomic mass is 10.0. The fourth-order valence-corrected chi connectivity index (χ4v) is 7.74. The van der Waals surface area contributed by atoms with Crippen molar-refractivity contribution in [1.82, 2.24) is 19.4 Å². The van der Waals surface area contributed by atoms with Crippen molar-refractivity contribution >= 4 is 38.0 Å². The predicted molar refractivity (Wildman–Crippen MR) is 170 cm³/mol. The number of nitrogens with zero attached hydrogens (tertiary/aromatic N) is 5. The van der Waals surface area contributed by atoms with E-state index in [9.17, 15) is 4.79 Å². The van der Waals surface area contributed by atoms with Gasteiger partial charge in [-0.1, -0.05) is 66.7 Å². The molecule has 0 N–H and O–H groups in total. The van der Waals surface area contributed by atoms with Crippen LogP contribution in [0.1, 0.15) is 22.4 Å². The molecular formula is C34H37N5OS. The minimum atomic E-state index is 0.138. The van der Waals surface area contributed by atoms with Gasteiger partial charge in [0.05, 0.1) is 11.7 Å². The van der Waals surface area contributed by atoms with Crippen LogP contribution < -0.4 is 10.5 Å². The lowest BCUT2D eigenvalue weighted by molar-refractivity contribution is 0.247. The number of thiophene rings is 1. The molecule has 2 aliphatic rings. The zero-order chi connectivity index (χ0) is 27.6. The highest BCUT2D eigenvalue weighted by molar-refractivity contribution is 7.18. The number of hydrogen-bond donors (Lipinski definition) is 0. The number of fused-ring (bicyclic) bond motifs is 4. The van der Waals surface area contributed by atoms with Crippen molar-refractivity contribution in [3.63, 3.8) is 0 Å². The Balaban J connectivity index is 0.965. The number of hydrogen-bond acceptors (Lipinski definition) is 6. The van der Waals surface area contributed by atoms with Crippen LogP contribution in [0.5, 0.6) is 0 Å². The Morgan fingerprint density at radius 1 is 0.780 bits per heavy atom. The molecule has 0 radical (unpaired) electrons. The Morgan fingerprint density at radius 3 is 2.46 bits per heavy atom. The van der Waals surface area contributed by atoms with Gasteiger partial charge < -0.3 is 4.90 Å². The standard InChI is InChI=1S/C34H37N5OS/c40-34-32-29-15-17-37(16-7-10-26-8-2-1-3-9-26)24-31(29)41-33(32)35-25-39(34)23-20-36-18-21-38(22-19-36)30-14-6-12-27-11-4-5-13-28(27)30/h1-6,8-9,11-14,25H,7,10,15-24H2. The second-order valence-corrected chi connectivity index (χ2v) is 12.5. The predicted octanol–water partition coefficient (Wildman–Crippen LogP) is 5.42. The maximum atomic E-state index is 13.6.